The molecule has 1 aromatic carbocycles. The van der Waals surface area contributed by atoms with E-state index in [0.717, 1.165) is 0 Å². The number of ketones is 1. The molecule has 3 nitrogen and oxygen atoms in total. The van der Waals surface area contributed by atoms with Gasteiger partial charge >= 0.3 is 0 Å². The van der Waals surface area contributed by atoms with E-state index in [1.54, 1.807) is 18.2 Å². The summed E-state index contributed by atoms with van der Waals surface area (Å²) in [7, 11) is 0. The molecule has 0 aliphatic carbocycles. The fourth-order valence-corrected chi connectivity index (χ4v) is 1.37. The van der Waals surface area contributed by atoms with E-state index in [1.807, 2.05) is 0 Å². The summed E-state index contributed by atoms with van der Waals surface area (Å²) in [5.74, 6) is -1.07. The van der Waals surface area contributed by atoms with Gasteiger partial charge in [-0.2, -0.15) is 0 Å². The Bertz CT molecular complexity index is 465. The Kier molecular flexibility index (Phi) is 2.33. The number of hydrogen-bond donors (Lipinski definition) is 1. The average molecular weight is 205 g/mol. The van der Waals surface area contributed by atoms with E-state index in [9.17, 15) is 14.0 Å². The lowest BCUT2D eigenvalue weighted by molar-refractivity contribution is -0.121. The van der Waals surface area contributed by atoms with Crippen LogP contribution in [0.3, 0.4) is 0 Å². The number of Topliss-reactive ketones (excluding diaryl/α,β-unsaturated/α-hetero) is 1. The molecule has 15 heavy (non-hydrogen) atoms. The highest BCUT2D eigenvalue weighted by Crippen LogP contribution is 2.14. The SMILES string of the molecule is O=C1CC(=O)/C(=C/c2ccccc2F)N1. The van der Waals surface area contributed by atoms with Gasteiger partial charge in [-0.25, -0.2) is 4.39 Å². The molecule has 4 heteroatoms. The van der Waals surface area contributed by atoms with Crippen LogP contribution in [0.25, 0.3) is 6.08 Å². The minimum absolute atomic E-state index is 0.152. The van der Waals surface area contributed by atoms with Crippen molar-refractivity contribution in [2.24, 2.45) is 0 Å². The summed E-state index contributed by atoms with van der Waals surface area (Å²) in [5.41, 5.74) is 0.452. The van der Waals surface area contributed by atoms with Crippen LogP contribution in [0.15, 0.2) is 30.0 Å². The van der Waals surface area contributed by atoms with E-state index in [0.29, 0.717) is 5.56 Å². The van der Waals surface area contributed by atoms with Crippen LogP contribution in [0.4, 0.5) is 4.39 Å². The van der Waals surface area contributed by atoms with Gasteiger partial charge in [-0.1, -0.05) is 18.2 Å². The molecule has 0 spiro atoms. The highest BCUT2D eigenvalue weighted by atomic mass is 19.1. The van der Waals surface area contributed by atoms with Crippen LogP contribution in [-0.4, -0.2) is 11.7 Å². The van der Waals surface area contributed by atoms with Crippen molar-refractivity contribution in [1.29, 1.82) is 0 Å². The molecule has 0 atom stereocenters. The molecule has 1 aromatic rings. The molecule has 0 saturated carbocycles. The van der Waals surface area contributed by atoms with Gasteiger partial charge in [0.25, 0.3) is 0 Å². The van der Waals surface area contributed by atoms with Gasteiger partial charge in [-0.15, -0.1) is 0 Å². The Labute approximate surface area is 85.6 Å². The smallest absolute Gasteiger partial charge is 0.232 e. The summed E-state index contributed by atoms with van der Waals surface area (Å²) in [6, 6.07) is 6.07. The van der Waals surface area contributed by atoms with Gasteiger partial charge in [0.2, 0.25) is 5.91 Å². The Morgan fingerprint density at radius 3 is 2.60 bits per heavy atom. The summed E-state index contributed by atoms with van der Waals surface area (Å²) in [5, 5.41) is 2.39. The Morgan fingerprint density at radius 1 is 1.27 bits per heavy atom. The zero-order chi connectivity index (χ0) is 10.8. The molecule has 76 valence electrons. The molecule has 2 rings (SSSR count). The number of hydrogen-bond acceptors (Lipinski definition) is 2. The molecular weight excluding hydrogens is 197 g/mol. The maximum absolute atomic E-state index is 13.2. The largest absolute Gasteiger partial charge is 0.323 e. The number of benzene rings is 1. The lowest BCUT2D eigenvalue weighted by Crippen LogP contribution is -2.12. The molecule has 0 aromatic heterocycles. The standard InChI is InChI=1S/C11H8FNO2/c12-8-4-2-1-3-7(8)5-9-10(14)6-11(15)13-9/h1-5H,6H2,(H,13,15)/b9-5-. The minimum Gasteiger partial charge on any atom is -0.323 e. The Morgan fingerprint density at radius 2 is 2.00 bits per heavy atom. The molecule has 1 heterocycles. The van der Waals surface area contributed by atoms with Gasteiger partial charge in [-0.05, 0) is 12.1 Å². The first kappa shape index (κ1) is 9.58. The number of nitrogens with one attached hydrogen (secondary N) is 1. The molecule has 1 amide bonds. The number of carbonyl (C=O) groups excluding carboxylic acids is 2. The van der Waals surface area contributed by atoms with Gasteiger partial charge < -0.3 is 5.32 Å². The third kappa shape index (κ3) is 1.93. The number of carbonyl (C=O) groups is 2. The monoisotopic (exact) mass is 205 g/mol. The van der Waals surface area contributed by atoms with Crippen LogP contribution < -0.4 is 5.32 Å². The van der Waals surface area contributed by atoms with Gasteiger partial charge in [0.15, 0.2) is 5.78 Å². The van der Waals surface area contributed by atoms with E-state index < -0.39 is 5.82 Å². The quantitative estimate of drug-likeness (QED) is 0.554. The summed E-state index contributed by atoms with van der Waals surface area (Å²) < 4.78 is 13.2. The van der Waals surface area contributed by atoms with Crippen LogP contribution in [0.2, 0.25) is 0 Å². The van der Waals surface area contributed by atoms with Crippen molar-refractivity contribution < 1.29 is 14.0 Å². The topological polar surface area (TPSA) is 46.2 Å². The van der Waals surface area contributed by atoms with Crippen molar-refractivity contribution in [1.82, 2.24) is 5.32 Å². The molecule has 0 bridgehead atoms. The predicted octanol–water partition coefficient (Wildman–Crippen LogP) is 1.26. The molecule has 1 aliphatic rings. The summed E-state index contributed by atoms with van der Waals surface area (Å²) >= 11 is 0. The third-order valence-electron chi connectivity index (χ3n) is 2.10. The van der Waals surface area contributed by atoms with Crippen molar-refractivity contribution in [3.05, 3.63) is 41.3 Å². The summed E-state index contributed by atoms with van der Waals surface area (Å²) in [6.45, 7) is 0. The van der Waals surface area contributed by atoms with Crippen molar-refractivity contribution in [3.8, 4) is 0 Å². The molecule has 1 N–H and O–H groups in total. The second-order valence-electron chi connectivity index (χ2n) is 3.23. The van der Waals surface area contributed by atoms with Crippen LogP contribution >= 0.6 is 0 Å². The van der Waals surface area contributed by atoms with E-state index in [4.69, 9.17) is 0 Å². The van der Waals surface area contributed by atoms with Gasteiger partial charge in [0.05, 0.1) is 12.1 Å². The van der Waals surface area contributed by atoms with Crippen molar-refractivity contribution >= 4 is 17.8 Å². The first-order chi connectivity index (χ1) is 7.16. The lowest BCUT2D eigenvalue weighted by atomic mass is 10.1. The minimum atomic E-state index is -0.418. The van der Waals surface area contributed by atoms with E-state index in [1.165, 1.54) is 12.1 Å². The number of amides is 1. The lowest BCUT2D eigenvalue weighted by Gasteiger charge is -1.98. The highest BCUT2D eigenvalue weighted by Gasteiger charge is 2.23. The fourth-order valence-electron chi connectivity index (χ4n) is 1.37. The highest BCUT2D eigenvalue weighted by molar-refractivity contribution is 6.16. The van der Waals surface area contributed by atoms with Crippen LogP contribution in [0.1, 0.15) is 12.0 Å². The molecule has 1 fully saturated rings. The van der Waals surface area contributed by atoms with Crippen LogP contribution in [-0.2, 0) is 9.59 Å². The third-order valence-corrected chi connectivity index (χ3v) is 2.10. The average Bonchev–Trinajstić information content (AvgIpc) is 2.49. The van der Waals surface area contributed by atoms with Crippen molar-refractivity contribution in [2.75, 3.05) is 0 Å². The normalized spacial score (nSPS) is 18.3. The van der Waals surface area contributed by atoms with Gasteiger partial charge in [-0.3, -0.25) is 9.59 Å². The number of halogens is 1. The Balaban J connectivity index is 2.35. The van der Waals surface area contributed by atoms with Crippen LogP contribution in [0.5, 0.6) is 0 Å². The van der Waals surface area contributed by atoms with Crippen molar-refractivity contribution in [2.45, 2.75) is 6.42 Å². The number of allylic oxidation sites excluding steroid dienone is 1. The number of rotatable bonds is 1. The first-order valence-electron chi connectivity index (χ1n) is 4.46. The van der Waals surface area contributed by atoms with Crippen molar-refractivity contribution in [3.63, 3.8) is 0 Å². The fraction of sp³-hybridized carbons (Fsp3) is 0.0909. The van der Waals surface area contributed by atoms with Gasteiger partial charge in [0.1, 0.15) is 5.82 Å². The Hall–Kier alpha value is -1.97. The predicted molar refractivity (Wildman–Crippen MR) is 52.1 cm³/mol. The molecule has 1 saturated heterocycles. The van der Waals surface area contributed by atoms with Gasteiger partial charge in [0, 0.05) is 5.56 Å². The molecule has 0 radical (unpaired) electrons. The van der Waals surface area contributed by atoms with E-state index in [2.05, 4.69) is 5.32 Å². The summed E-state index contributed by atoms with van der Waals surface area (Å²) in [6.07, 6.45) is 1.20. The van der Waals surface area contributed by atoms with E-state index >= 15 is 0 Å². The molecule has 1 aliphatic heterocycles. The van der Waals surface area contributed by atoms with Crippen LogP contribution in [0, 0.1) is 5.82 Å². The zero-order valence-corrected chi connectivity index (χ0v) is 7.79. The molecule has 0 unspecified atom stereocenters. The second kappa shape index (κ2) is 3.65. The molecular formula is C11H8FNO2. The maximum Gasteiger partial charge on any atom is 0.232 e. The second-order valence-corrected chi connectivity index (χ2v) is 3.23. The van der Waals surface area contributed by atoms with E-state index in [-0.39, 0.29) is 23.8 Å². The maximum atomic E-state index is 13.2. The zero-order valence-electron chi connectivity index (χ0n) is 7.79. The summed E-state index contributed by atoms with van der Waals surface area (Å²) in [4.78, 5) is 22.1. The first-order valence-corrected chi connectivity index (χ1v) is 4.46.